The van der Waals surface area contributed by atoms with Crippen molar-refractivity contribution in [3.8, 4) is 5.82 Å². The van der Waals surface area contributed by atoms with Crippen LogP contribution in [0, 0.1) is 6.92 Å². The highest BCUT2D eigenvalue weighted by Gasteiger charge is 2.43. The first kappa shape index (κ1) is 22.6. The Morgan fingerprint density at radius 1 is 1.13 bits per heavy atom. The molecule has 1 aromatic carbocycles. The predicted molar refractivity (Wildman–Crippen MR) is 134 cm³/mol. The number of benzene rings is 1. The van der Waals surface area contributed by atoms with Gasteiger partial charge >= 0.3 is 0 Å². The monoisotopic (exact) mass is 534 g/mol. The van der Waals surface area contributed by atoms with Gasteiger partial charge in [-0.3, -0.25) is 9.56 Å². The van der Waals surface area contributed by atoms with Crippen LogP contribution in [0.4, 0.5) is 0 Å². The van der Waals surface area contributed by atoms with Crippen molar-refractivity contribution >= 4 is 41.7 Å². The second kappa shape index (κ2) is 10.3. The Morgan fingerprint density at radius 2 is 1.93 bits per heavy atom. The Kier molecular flexibility index (Phi) is 7.76. The minimum atomic E-state index is 0. The molecule has 6 nitrogen and oxygen atoms in total. The largest absolute Gasteiger partial charge is 0.355 e. The third-order valence-corrected chi connectivity index (χ3v) is 6.52. The van der Waals surface area contributed by atoms with Crippen molar-refractivity contribution in [2.24, 2.45) is 4.99 Å². The first-order valence-corrected chi connectivity index (χ1v) is 10.6. The number of rotatable bonds is 7. The van der Waals surface area contributed by atoms with Gasteiger partial charge in [-0.2, -0.15) is 0 Å². The number of hydrogen-bond donors (Lipinski definition) is 2. The number of aliphatic imine (C=N–C) groups is 1. The summed E-state index contributed by atoms with van der Waals surface area (Å²) >= 11 is 1.96. The SMILES string of the molecule is CN=C(NCc1ccc(-n2ccnc2C)nc1)NCC1(Sc2ccccc2)CC1.I. The first-order valence-electron chi connectivity index (χ1n) is 9.81. The van der Waals surface area contributed by atoms with Crippen molar-refractivity contribution in [3.63, 3.8) is 0 Å². The predicted octanol–water partition coefficient (Wildman–Crippen LogP) is 4.18. The molecule has 0 saturated heterocycles. The minimum Gasteiger partial charge on any atom is -0.355 e. The van der Waals surface area contributed by atoms with E-state index in [2.05, 4.69) is 62.0 Å². The zero-order chi connectivity index (χ0) is 20.1. The third kappa shape index (κ3) is 5.75. The number of nitrogens with one attached hydrogen (secondary N) is 2. The molecule has 1 aliphatic carbocycles. The average molecular weight is 534 g/mol. The van der Waals surface area contributed by atoms with Gasteiger partial charge in [-0.1, -0.05) is 24.3 Å². The van der Waals surface area contributed by atoms with Crippen LogP contribution in [0.15, 0.2) is 70.9 Å². The number of thioether (sulfide) groups is 1. The second-order valence-electron chi connectivity index (χ2n) is 7.25. The number of hydrogen-bond acceptors (Lipinski definition) is 4. The number of halogens is 1. The molecule has 8 heteroatoms. The van der Waals surface area contributed by atoms with Gasteiger partial charge in [0.15, 0.2) is 5.96 Å². The quantitative estimate of drug-likeness (QED) is 0.271. The molecular weight excluding hydrogens is 507 g/mol. The van der Waals surface area contributed by atoms with E-state index in [9.17, 15) is 0 Å². The van der Waals surface area contributed by atoms with E-state index in [1.807, 2.05) is 48.8 Å². The first-order chi connectivity index (χ1) is 14.2. The van der Waals surface area contributed by atoms with E-state index in [0.717, 1.165) is 29.7 Å². The van der Waals surface area contributed by atoms with Crippen LogP contribution in [0.2, 0.25) is 0 Å². The van der Waals surface area contributed by atoms with E-state index >= 15 is 0 Å². The van der Waals surface area contributed by atoms with Crippen LogP contribution in [0.25, 0.3) is 5.82 Å². The van der Waals surface area contributed by atoms with E-state index in [0.29, 0.717) is 6.54 Å². The van der Waals surface area contributed by atoms with Crippen LogP contribution in [0.1, 0.15) is 24.2 Å². The molecule has 0 atom stereocenters. The lowest BCUT2D eigenvalue weighted by molar-refractivity contribution is 0.765. The second-order valence-corrected chi connectivity index (χ2v) is 8.79. The number of aromatic nitrogens is 3. The number of guanidine groups is 1. The van der Waals surface area contributed by atoms with Crippen LogP contribution in [0.3, 0.4) is 0 Å². The molecule has 2 aromatic heterocycles. The van der Waals surface area contributed by atoms with Crippen molar-refractivity contribution in [3.05, 3.63) is 72.4 Å². The Hall–Kier alpha value is -2.07. The van der Waals surface area contributed by atoms with Crippen LogP contribution >= 0.6 is 35.7 Å². The molecule has 0 bridgehead atoms. The minimum absolute atomic E-state index is 0. The topological polar surface area (TPSA) is 67.1 Å². The molecule has 0 amide bonds. The smallest absolute Gasteiger partial charge is 0.191 e. The van der Waals surface area contributed by atoms with Crippen LogP contribution < -0.4 is 10.6 Å². The summed E-state index contributed by atoms with van der Waals surface area (Å²) in [6.45, 7) is 3.55. The lowest BCUT2D eigenvalue weighted by Crippen LogP contribution is -2.40. The number of imidazole rings is 1. The van der Waals surface area contributed by atoms with Crippen LogP contribution in [0.5, 0.6) is 0 Å². The standard InChI is InChI=1S/C22H26N6S.HI/c1-17-24-12-13-28(17)20-9-8-18(14-25-20)15-26-21(23-2)27-16-22(10-11-22)29-19-6-4-3-5-7-19;/h3-9,12-14H,10-11,15-16H2,1-2H3,(H2,23,26,27);1H. The normalized spacial score (nSPS) is 14.7. The highest BCUT2D eigenvalue weighted by Crippen LogP contribution is 2.51. The van der Waals surface area contributed by atoms with Gasteiger partial charge in [0.2, 0.25) is 0 Å². The summed E-state index contributed by atoms with van der Waals surface area (Å²) in [6, 6.07) is 14.7. The molecule has 1 aliphatic rings. The molecule has 4 rings (SSSR count). The summed E-state index contributed by atoms with van der Waals surface area (Å²) in [7, 11) is 1.81. The Labute approximate surface area is 199 Å². The van der Waals surface area contributed by atoms with Gasteiger partial charge in [0, 0.05) is 48.4 Å². The highest BCUT2D eigenvalue weighted by molar-refractivity contribution is 14.0. The molecule has 30 heavy (non-hydrogen) atoms. The summed E-state index contributed by atoms with van der Waals surface area (Å²) in [5, 5.41) is 6.88. The van der Waals surface area contributed by atoms with Gasteiger partial charge in [-0.05, 0) is 43.5 Å². The third-order valence-electron chi connectivity index (χ3n) is 5.03. The summed E-state index contributed by atoms with van der Waals surface area (Å²) in [5.41, 5.74) is 1.11. The fourth-order valence-electron chi connectivity index (χ4n) is 3.13. The molecule has 2 N–H and O–H groups in total. The van der Waals surface area contributed by atoms with Crippen molar-refractivity contribution in [2.75, 3.05) is 13.6 Å². The highest BCUT2D eigenvalue weighted by atomic mass is 127. The molecule has 2 heterocycles. The van der Waals surface area contributed by atoms with E-state index in [1.165, 1.54) is 17.7 Å². The summed E-state index contributed by atoms with van der Waals surface area (Å²) in [5.74, 6) is 2.62. The van der Waals surface area contributed by atoms with Crippen LogP contribution in [-0.4, -0.2) is 38.8 Å². The fourth-order valence-corrected chi connectivity index (χ4v) is 4.37. The average Bonchev–Trinajstić information content (AvgIpc) is 3.38. The molecule has 3 aromatic rings. The summed E-state index contributed by atoms with van der Waals surface area (Å²) in [6.07, 6.45) is 8.06. The molecule has 1 saturated carbocycles. The van der Waals surface area contributed by atoms with Crippen molar-refractivity contribution in [2.45, 2.75) is 36.0 Å². The van der Waals surface area contributed by atoms with Crippen LogP contribution in [-0.2, 0) is 6.54 Å². The van der Waals surface area contributed by atoms with E-state index in [-0.39, 0.29) is 28.7 Å². The Bertz CT molecular complexity index is 967. The van der Waals surface area contributed by atoms with Gasteiger partial charge in [0.1, 0.15) is 11.6 Å². The maximum Gasteiger partial charge on any atom is 0.191 e. The fraction of sp³-hybridized carbons (Fsp3) is 0.318. The van der Waals surface area contributed by atoms with E-state index < -0.39 is 0 Å². The molecular formula is C22H27IN6S. The van der Waals surface area contributed by atoms with Gasteiger partial charge in [0.25, 0.3) is 0 Å². The number of aryl methyl sites for hydroxylation is 1. The summed E-state index contributed by atoms with van der Waals surface area (Å²) < 4.78 is 2.25. The van der Waals surface area contributed by atoms with Crippen molar-refractivity contribution < 1.29 is 0 Å². The maximum absolute atomic E-state index is 4.55. The number of nitrogens with zero attached hydrogens (tertiary/aromatic N) is 4. The lowest BCUT2D eigenvalue weighted by atomic mass is 10.3. The Balaban J connectivity index is 0.00000256. The number of pyridine rings is 1. The van der Waals surface area contributed by atoms with Crippen molar-refractivity contribution in [1.29, 1.82) is 0 Å². The molecule has 0 spiro atoms. The van der Waals surface area contributed by atoms with Gasteiger partial charge in [-0.25, -0.2) is 9.97 Å². The zero-order valence-electron chi connectivity index (χ0n) is 17.2. The Morgan fingerprint density at radius 3 is 2.53 bits per heavy atom. The molecule has 158 valence electrons. The van der Waals surface area contributed by atoms with Crippen molar-refractivity contribution in [1.82, 2.24) is 25.2 Å². The summed E-state index contributed by atoms with van der Waals surface area (Å²) in [4.78, 5) is 14.5. The van der Waals surface area contributed by atoms with E-state index in [4.69, 9.17) is 0 Å². The van der Waals surface area contributed by atoms with Gasteiger partial charge in [0.05, 0.1) is 0 Å². The van der Waals surface area contributed by atoms with Gasteiger partial charge < -0.3 is 10.6 Å². The maximum atomic E-state index is 4.55. The molecule has 0 aliphatic heterocycles. The molecule has 1 fully saturated rings. The zero-order valence-corrected chi connectivity index (χ0v) is 20.4. The molecule has 0 unspecified atom stereocenters. The van der Waals surface area contributed by atoms with Gasteiger partial charge in [-0.15, -0.1) is 35.7 Å². The van der Waals surface area contributed by atoms with E-state index in [1.54, 1.807) is 6.20 Å². The lowest BCUT2D eigenvalue weighted by Gasteiger charge is -2.18. The molecule has 0 radical (unpaired) electrons.